The Morgan fingerprint density at radius 2 is 2.09 bits per heavy atom. The molecule has 0 saturated heterocycles. The van der Waals surface area contributed by atoms with Crippen LogP contribution in [0, 0.1) is 0 Å². The van der Waals surface area contributed by atoms with Gasteiger partial charge in [0, 0.05) is 12.3 Å². The van der Waals surface area contributed by atoms with E-state index in [9.17, 15) is 12.8 Å². The van der Waals surface area contributed by atoms with E-state index in [-0.39, 0.29) is 24.5 Å². The molecule has 68 valence electrons. The summed E-state index contributed by atoms with van der Waals surface area (Å²) in [7, 11) is -3.02. The van der Waals surface area contributed by atoms with Crippen molar-refractivity contribution in [3.05, 3.63) is 0 Å². The van der Waals surface area contributed by atoms with Crippen molar-refractivity contribution in [1.29, 1.82) is 0 Å². The van der Waals surface area contributed by atoms with Crippen LogP contribution in [0.3, 0.4) is 0 Å². The summed E-state index contributed by atoms with van der Waals surface area (Å²) in [5, 5.41) is 0. The zero-order chi connectivity index (χ0) is 8.91. The third-order valence-electron chi connectivity index (χ3n) is 1.44. The molecule has 0 aromatic heterocycles. The standard InChI is InChI=1S/C6H14FNO2S/c1-2-11(9,10)4-3-6(7)5-8/h6H,2-5,8H2,1H3. The van der Waals surface area contributed by atoms with E-state index in [1.807, 2.05) is 0 Å². The largest absolute Gasteiger partial charge is 0.328 e. The van der Waals surface area contributed by atoms with Crippen LogP contribution in [-0.4, -0.2) is 32.6 Å². The van der Waals surface area contributed by atoms with E-state index in [2.05, 4.69) is 0 Å². The Kier molecular flexibility index (Phi) is 4.60. The van der Waals surface area contributed by atoms with Gasteiger partial charge in [-0.05, 0) is 6.42 Å². The van der Waals surface area contributed by atoms with Gasteiger partial charge in [-0.25, -0.2) is 12.8 Å². The van der Waals surface area contributed by atoms with Gasteiger partial charge in [0.15, 0.2) is 0 Å². The lowest BCUT2D eigenvalue weighted by Crippen LogP contribution is -2.20. The van der Waals surface area contributed by atoms with E-state index < -0.39 is 16.0 Å². The van der Waals surface area contributed by atoms with E-state index in [1.165, 1.54) is 0 Å². The van der Waals surface area contributed by atoms with Crippen LogP contribution in [-0.2, 0) is 9.84 Å². The van der Waals surface area contributed by atoms with Crippen LogP contribution in [0.1, 0.15) is 13.3 Å². The molecular weight excluding hydrogens is 169 g/mol. The minimum absolute atomic E-state index is 0.0205. The number of rotatable bonds is 5. The van der Waals surface area contributed by atoms with Crippen molar-refractivity contribution in [3.8, 4) is 0 Å². The fourth-order valence-corrected chi connectivity index (χ4v) is 1.47. The maximum Gasteiger partial charge on any atom is 0.150 e. The number of sulfone groups is 1. The summed E-state index contributed by atoms with van der Waals surface area (Å²) in [5.41, 5.74) is 4.97. The molecule has 3 nitrogen and oxygen atoms in total. The molecule has 11 heavy (non-hydrogen) atoms. The van der Waals surface area contributed by atoms with Crippen LogP contribution in [0.2, 0.25) is 0 Å². The van der Waals surface area contributed by atoms with Crippen LogP contribution >= 0.6 is 0 Å². The molecule has 0 rings (SSSR count). The van der Waals surface area contributed by atoms with E-state index >= 15 is 0 Å². The summed E-state index contributed by atoms with van der Waals surface area (Å²) in [5.74, 6) is -0.0217. The van der Waals surface area contributed by atoms with Crippen LogP contribution in [0.15, 0.2) is 0 Å². The van der Waals surface area contributed by atoms with Gasteiger partial charge in [-0.1, -0.05) is 6.92 Å². The quantitative estimate of drug-likeness (QED) is 0.658. The van der Waals surface area contributed by atoms with Crippen molar-refractivity contribution < 1.29 is 12.8 Å². The first-order valence-corrected chi connectivity index (χ1v) is 5.38. The second-order valence-electron chi connectivity index (χ2n) is 2.36. The number of nitrogens with two attached hydrogens (primary N) is 1. The highest BCUT2D eigenvalue weighted by atomic mass is 32.2. The van der Waals surface area contributed by atoms with Gasteiger partial charge in [-0.2, -0.15) is 0 Å². The summed E-state index contributed by atoms with van der Waals surface area (Å²) in [6.07, 6.45) is -1.16. The van der Waals surface area contributed by atoms with E-state index in [4.69, 9.17) is 5.73 Å². The van der Waals surface area contributed by atoms with Crippen molar-refractivity contribution in [3.63, 3.8) is 0 Å². The predicted octanol–water partition coefficient (Wildman–Crippen LogP) is 0.108. The lowest BCUT2D eigenvalue weighted by atomic mass is 10.3. The Morgan fingerprint density at radius 3 is 2.45 bits per heavy atom. The number of halogens is 1. The van der Waals surface area contributed by atoms with Crippen molar-refractivity contribution in [2.75, 3.05) is 18.1 Å². The van der Waals surface area contributed by atoms with Gasteiger partial charge in [0.25, 0.3) is 0 Å². The topological polar surface area (TPSA) is 60.2 Å². The molecule has 0 saturated carbocycles. The molecule has 0 radical (unpaired) electrons. The van der Waals surface area contributed by atoms with E-state index in [0.29, 0.717) is 0 Å². The number of hydrogen-bond donors (Lipinski definition) is 1. The molecule has 0 aliphatic carbocycles. The molecular formula is C6H14FNO2S. The molecule has 0 aromatic rings. The van der Waals surface area contributed by atoms with Gasteiger partial charge in [0.1, 0.15) is 16.0 Å². The third-order valence-corrected chi connectivity index (χ3v) is 3.18. The Labute approximate surface area is 66.7 Å². The molecule has 2 N–H and O–H groups in total. The fourth-order valence-electron chi connectivity index (χ4n) is 0.570. The van der Waals surface area contributed by atoms with Crippen molar-refractivity contribution in [1.82, 2.24) is 0 Å². The van der Waals surface area contributed by atoms with Crippen LogP contribution in [0.25, 0.3) is 0 Å². The van der Waals surface area contributed by atoms with Crippen molar-refractivity contribution in [2.45, 2.75) is 19.5 Å². The Hall–Kier alpha value is -0.160. The normalized spacial score (nSPS) is 14.8. The summed E-state index contributed by atoms with van der Waals surface area (Å²) < 4.78 is 34.0. The van der Waals surface area contributed by atoms with Gasteiger partial charge in [0.2, 0.25) is 0 Å². The second kappa shape index (κ2) is 4.66. The van der Waals surface area contributed by atoms with Gasteiger partial charge in [-0.3, -0.25) is 0 Å². The summed E-state index contributed by atoms with van der Waals surface area (Å²) in [4.78, 5) is 0. The molecule has 0 heterocycles. The van der Waals surface area contributed by atoms with Crippen molar-refractivity contribution >= 4 is 9.84 Å². The third kappa shape index (κ3) is 5.15. The van der Waals surface area contributed by atoms with E-state index in [0.717, 1.165) is 0 Å². The highest BCUT2D eigenvalue weighted by Crippen LogP contribution is 2.00. The predicted molar refractivity (Wildman–Crippen MR) is 42.9 cm³/mol. The zero-order valence-electron chi connectivity index (χ0n) is 6.59. The minimum atomic E-state index is -3.02. The maximum atomic E-state index is 12.4. The monoisotopic (exact) mass is 183 g/mol. The highest BCUT2D eigenvalue weighted by molar-refractivity contribution is 7.91. The van der Waals surface area contributed by atoms with Crippen LogP contribution in [0.5, 0.6) is 0 Å². The molecule has 0 aliphatic heterocycles. The first-order chi connectivity index (χ1) is 5.02. The highest BCUT2D eigenvalue weighted by Gasteiger charge is 2.11. The average molecular weight is 183 g/mol. The molecule has 0 fully saturated rings. The molecule has 0 spiro atoms. The Bertz CT molecular complexity index is 191. The smallest absolute Gasteiger partial charge is 0.150 e. The van der Waals surface area contributed by atoms with Crippen LogP contribution in [0.4, 0.5) is 4.39 Å². The molecule has 0 amide bonds. The molecule has 0 aromatic carbocycles. The van der Waals surface area contributed by atoms with Crippen molar-refractivity contribution in [2.24, 2.45) is 5.73 Å². The Morgan fingerprint density at radius 1 is 1.55 bits per heavy atom. The van der Waals surface area contributed by atoms with Gasteiger partial charge in [-0.15, -0.1) is 0 Å². The summed E-state index contributed by atoms with van der Waals surface area (Å²) >= 11 is 0. The second-order valence-corrected chi connectivity index (χ2v) is 4.83. The first kappa shape index (κ1) is 10.8. The van der Waals surface area contributed by atoms with Gasteiger partial charge < -0.3 is 5.73 Å². The average Bonchev–Trinajstić information content (AvgIpc) is 2.00. The zero-order valence-corrected chi connectivity index (χ0v) is 7.40. The summed E-state index contributed by atoms with van der Waals surface area (Å²) in [6.45, 7) is 1.45. The molecule has 5 heteroatoms. The molecule has 1 atom stereocenters. The lowest BCUT2D eigenvalue weighted by molar-refractivity contribution is 0.333. The summed E-state index contributed by atoms with van der Waals surface area (Å²) in [6, 6.07) is 0. The fraction of sp³-hybridized carbons (Fsp3) is 1.00. The number of hydrogen-bond acceptors (Lipinski definition) is 3. The minimum Gasteiger partial charge on any atom is -0.328 e. The SMILES string of the molecule is CCS(=O)(=O)CCC(F)CN. The first-order valence-electron chi connectivity index (χ1n) is 3.56. The molecule has 0 bridgehead atoms. The Balaban J connectivity index is 3.71. The van der Waals surface area contributed by atoms with E-state index in [1.54, 1.807) is 6.92 Å². The van der Waals surface area contributed by atoms with Gasteiger partial charge in [0.05, 0.1) is 5.75 Å². The van der Waals surface area contributed by atoms with Gasteiger partial charge >= 0.3 is 0 Å². The number of alkyl halides is 1. The van der Waals surface area contributed by atoms with Crippen LogP contribution < -0.4 is 5.73 Å². The molecule has 0 aliphatic rings. The lowest BCUT2D eigenvalue weighted by Gasteiger charge is -2.03. The maximum absolute atomic E-state index is 12.4. The molecule has 1 unspecified atom stereocenters.